The molecule has 2 rings (SSSR count). The molecule has 128 valence electrons. The SMILES string of the molecule is CCOC(=O)c1ccc(Nc2nc(C)cc(NCC(C)C)n2)cc1. The number of carbonyl (C=O) groups excluding carboxylic acids is 1. The van der Waals surface area contributed by atoms with Gasteiger partial charge in [-0.05, 0) is 44.0 Å². The quantitative estimate of drug-likeness (QED) is 0.753. The molecule has 6 heteroatoms. The van der Waals surface area contributed by atoms with E-state index in [1.54, 1.807) is 31.2 Å². The average Bonchev–Trinajstić information content (AvgIpc) is 2.53. The molecule has 1 heterocycles. The highest BCUT2D eigenvalue weighted by Crippen LogP contribution is 2.17. The summed E-state index contributed by atoms with van der Waals surface area (Å²) in [6, 6.07) is 8.96. The number of carbonyl (C=O) groups is 1. The van der Waals surface area contributed by atoms with E-state index in [1.807, 2.05) is 13.0 Å². The fourth-order valence-electron chi connectivity index (χ4n) is 2.06. The van der Waals surface area contributed by atoms with E-state index >= 15 is 0 Å². The number of benzene rings is 1. The number of aryl methyl sites for hydroxylation is 1. The number of rotatable bonds is 7. The Bertz CT molecular complexity index is 684. The van der Waals surface area contributed by atoms with Crippen LogP contribution in [-0.2, 0) is 4.74 Å². The molecule has 0 unspecified atom stereocenters. The van der Waals surface area contributed by atoms with Crippen LogP contribution in [0.25, 0.3) is 0 Å². The maximum Gasteiger partial charge on any atom is 0.338 e. The minimum atomic E-state index is -0.323. The predicted octanol–water partition coefficient (Wildman–Crippen LogP) is 3.77. The van der Waals surface area contributed by atoms with Crippen molar-refractivity contribution in [2.45, 2.75) is 27.7 Å². The van der Waals surface area contributed by atoms with E-state index in [2.05, 4.69) is 34.4 Å². The van der Waals surface area contributed by atoms with Gasteiger partial charge in [0.15, 0.2) is 0 Å². The lowest BCUT2D eigenvalue weighted by molar-refractivity contribution is 0.0526. The second kappa shape index (κ2) is 8.29. The van der Waals surface area contributed by atoms with Gasteiger partial charge in [0.1, 0.15) is 5.82 Å². The zero-order valence-electron chi connectivity index (χ0n) is 14.6. The first kappa shape index (κ1) is 17.7. The van der Waals surface area contributed by atoms with Gasteiger partial charge in [0.25, 0.3) is 0 Å². The lowest BCUT2D eigenvalue weighted by atomic mass is 10.2. The third-order valence-electron chi connectivity index (χ3n) is 3.20. The summed E-state index contributed by atoms with van der Waals surface area (Å²) in [5.74, 6) is 1.52. The van der Waals surface area contributed by atoms with E-state index in [9.17, 15) is 4.79 Å². The fourth-order valence-corrected chi connectivity index (χ4v) is 2.06. The summed E-state index contributed by atoms with van der Waals surface area (Å²) in [5, 5.41) is 6.45. The monoisotopic (exact) mass is 328 g/mol. The van der Waals surface area contributed by atoms with E-state index in [1.165, 1.54) is 0 Å². The van der Waals surface area contributed by atoms with Gasteiger partial charge in [0.2, 0.25) is 5.95 Å². The number of nitrogens with one attached hydrogen (secondary N) is 2. The molecule has 1 aromatic carbocycles. The summed E-state index contributed by atoms with van der Waals surface area (Å²) >= 11 is 0. The maximum atomic E-state index is 11.7. The molecule has 0 amide bonds. The van der Waals surface area contributed by atoms with Crippen LogP contribution in [0.3, 0.4) is 0 Å². The second-order valence-electron chi connectivity index (χ2n) is 5.92. The molecular formula is C18H24N4O2. The maximum absolute atomic E-state index is 11.7. The second-order valence-corrected chi connectivity index (χ2v) is 5.92. The van der Waals surface area contributed by atoms with Crippen LogP contribution in [0.1, 0.15) is 36.8 Å². The van der Waals surface area contributed by atoms with Crippen molar-refractivity contribution >= 4 is 23.4 Å². The van der Waals surface area contributed by atoms with Crippen molar-refractivity contribution in [3.8, 4) is 0 Å². The third kappa shape index (κ3) is 5.22. The topological polar surface area (TPSA) is 76.1 Å². The van der Waals surface area contributed by atoms with Crippen LogP contribution in [-0.4, -0.2) is 29.1 Å². The summed E-state index contributed by atoms with van der Waals surface area (Å²) in [6.45, 7) is 9.22. The predicted molar refractivity (Wildman–Crippen MR) is 95.8 cm³/mol. The third-order valence-corrected chi connectivity index (χ3v) is 3.20. The van der Waals surface area contributed by atoms with Crippen molar-refractivity contribution in [3.05, 3.63) is 41.6 Å². The zero-order chi connectivity index (χ0) is 17.5. The Morgan fingerprint density at radius 3 is 2.54 bits per heavy atom. The molecule has 0 saturated heterocycles. The van der Waals surface area contributed by atoms with Crippen LogP contribution in [0.15, 0.2) is 30.3 Å². The Hall–Kier alpha value is -2.63. The van der Waals surface area contributed by atoms with Gasteiger partial charge in [-0.25, -0.2) is 9.78 Å². The van der Waals surface area contributed by atoms with Crippen LogP contribution >= 0.6 is 0 Å². The van der Waals surface area contributed by atoms with E-state index < -0.39 is 0 Å². The Labute approximate surface area is 142 Å². The summed E-state index contributed by atoms with van der Waals surface area (Å²) in [6.07, 6.45) is 0. The van der Waals surface area contributed by atoms with Gasteiger partial charge < -0.3 is 15.4 Å². The van der Waals surface area contributed by atoms with E-state index in [0.717, 1.165) is 23.7 Å². The molecule has 6 nitrogen and oxygen atoms in total. The lowest BCUT2D eigenvalue weighted by Crippen LogP contribution is -2.11. The van der Waals surface area contributed by atoms with Gasteiger partial charge in [-0.1, -0.05) is 13.8 Å². The lowest BCUT2D eigenvalue weighted by Gasteiger charge is -2.11. The first-order valence-corrected chi connectivity index (χ1v) is 8.11. The Balaban J connectivity index is 2.08. The minimum absolute atomic E-state index is 0.323. The molecule has 0 radical (unpaired) electrons. The number of hydrogen-bond acceptors (Lipinski definition) is 6. The molecule has 2 N–H and O–H groups in total. The summed E-state index contributed by atoms with van der Waals surface area (Å²) in [5.41, 5.74) is 2.21. The molecule has 0 saturated carbocycles. The summed E-state index contributed by atoms with van der Waals surface area (Å²) < 4.78 is 4.97. The van der Waals surface area contributed by atoms with Crippen molar-refractivity contribution in [2.24, 2.45) is 5.92 Å². The Morgan fingerprint density at radius 2 is 1.92 bits per heavy atom. The van der Waals surface area contributed by atoms with Crippen molar-refractivity contribution in [2.75, 3.05) is 23.8 Å². The zero-order valence-corrected chi connectivity index (χ0v) is 14.6. The van der Waals surface area contributed by atoms with Crippen LogP contribution in [0.5, 0.6) is 0 Å². The summed E-state index contributed by atoms with van der Waals surface area (Å²) in [7, 11) is 0. The van der Waals surface area contributed by atoms with E-state index in [0.29, 0.717) is 24.0 Å². The number of nitrogens with zero attached hydrogens (tertiary/aromatic N) is 2. The molecule has 0 aliphatic carbocycles. The molecule has 0 aliphatic rings. The molecule has 0 spiro atoms. The molecule has 2 aromatic rings. The Kier molecular flexibility index (Phi) is 6.12. The van der Waals surface area contributed by atoms with Crippen LogP contribution in [0, 0.1) is 12.8 Å². The van der Waals surface area contributed by atoms with Gasteiger partial charge >= 0.3 is 5.97 Å². The smallest absolute Gasteiger partial charge is 0.338 e. The number of hydrogen-bond donors (Lipinski definition) is 2. The molecule has 0 bridgehead atoms. The molecular weight excluding hydrogens is 304 g/mol. The van der Waals surface area contributed by atoms with E-state index in [4.69, 9.17) is 4.74 Å². The van der Waals surface area contributed by atoms with Gasteiger partial charge in [-0.3, -0.25) is 0 Å². The highest BCUT2D eigenvalue weighted by Gasteiger charge is 2.07. The fraction of sp³-hybridized carbons (Fsp3) is 0.389. The van der Waals surface area contributed by atoms with Crippen molar-refractivity contribution in [1.82, 2.24) is 9.97 Å². The normalized spacial score (nSPS) is 10.5. The number of aromatic nitrogens is 2. The van der Waals surface area contributed by atoms with Crippen molar-refractivity contribution < 1.29 is 9.53 Å². The van der Waals surface area contributed by atoms with Crippen LogP contribution in [0.2, 0.25) is 0 Å². The highest BCUT2D eigenvalue weighted by atomic mass is 16.5. The molecule has 1 aromatic heterocycles. The number of ether oxygens (including phenoxy) is 1. The van der Waals surface area contributed by atoms with Crippen LogP contribution in [0.4, 0.5) is 17.5 Å². The molecule has 0 fully saturated rings. The Morgan fingerprint density at radius 1 is 1.21 bits per heavy atom. The van der Waals surface area contributed by atoms with Gasteiger partial charge in [0, 0.05) is 24.0 Å². The highest BCUT2D eigenvalue weighted by molar-refractivity contribution is 5.89. The largest absolute Gasteiger partial charge is 0.462 e. The average molecular weight is 328 g/mol. The van der Waals surface area contributed by atoms with Crippen molar-refractivity contribution in [1.29, 1.82) is 0 Å². The summed E-state index contributed by atoms with van der Waals surface area (Å²) in [4.78, 5) is 20.5. The first-order chi connectivity index (χ1) is 11.5. The molecule has 0 aliphatic heterocycles. The minimum Gasteiger partial charge on any atom is -0.462 e. The molecule has 0 atom stereocenters. The number of esters is 1. The van der Waals surface area contributed by atoms with Crippen molar-refractivity contribution in [3.63, 3.8) is 0 Å². The molecule has 24 heavy (non-hydrogen) atoms. The van der Waals surface area contributed by atoms with Gasteiger partial charge in [-0.2, -0.15) is 4.98 Å². The number of anilines is 3. The van der Waals surface area contributed by atoms with Crippen LogP contribution < -0.4 is 10.6 Å². The first-order valence-electron chi connectivity index (χ1n) is 8.11. The standard InChI is InChI=1S/C18H24N4O2/c1-5-24-17(23)14-6-8-15(9-7-14)21-18-20-13(4)10-16(22-18)19-11-12(2)3/h6-10,12H,5,11H2,1-4H3,(H2,19,20,21,22). The van der Waals surface area contributed by atoms with E-state index in [-0.39, 0.29) is 5.97 Å². The van der Waals surface area contributed by atoms with Gasteiger partial charge in [0.05, 0.1) is 12.2 Å². The van der Waals surface area contributed by atoms with Gasteiger partial charge in [-0.15, -0.1) is 0 Å².